The maximum Gasteiger partial charge on any atom is 0.339 e. The van der Waals surface area contributed by atoms with E-state index in [4.69, 9.17) is 4.74 Å². The lowest BCUT2D eigenvalue weighted by Gasteiger charge is -2.16. The number of fused-ring (bicyclic) bond motifs is 2. The first-order valence-electron chi connectivity index (χ1n) is 9.13. The quantitative estimate of drug-likeness (QED) is 0.470. The number of carbonyl (C=O) groups excluding carboxylic acids is 2. The van der Waals surface area contributed by atoms with Gasteiger partial charge in [-0.05, 0) is 31.2 Å². The van der Waals surface area contributed by atoms with Gasteiger partial charge in [0, 0.05) is 18.1 Å². The van der Waals surface area contributed by atoms with E-state index in [0.29, 0.717) is 17.5 Å². The Morgan fingerprint density at radius 3 is 2.55 bits per heavy atom. The van der Waals surface area contributed by atoms with E-state index in [1.54, 1.807) is 24.5 Å². The molecular formula is C22H19N3O3S. The smallest absolute Gasteiger partial charge is 0.339 e. The minimum Gasteiger partial charge on any atom is -0.452 e. The third kappa shape index (κ3) is 4.09. The van der Waals surface area contributed by atoms with Crippen LogP contribution in [0.4, 0.5) is 0 Å². The summed E-state index contributed by atoms with van der Waals surface area (Å²) in [6, 6.07) is 16.9. The Labute approximate surface area is 171 Å². The van der Waals surface area contributed by atoms with Gasteiger partial charge in [0.15, 0.2) is 6.61 Å². The van der Waals surface area contributed by atoms with Gasteiger partial charge >= 0.3 is 5.97 Å². The first-order valence-corrected chi connectivity index (χ1v) is 9.95. The number of esters is 1. The lowest BCUT2D eigenvalue weighted by atomic mass is 10.1. The molecule has 0 aliphatic rings. The molecule has 2 aromatic carbocycles. The molecule has 0 radical (unpaired) electrons. The zero-order valence-electron chi connectivity index (χ0n) is 16.1. The van der Waals surface area contributed by atoms with Gasteiger partial charge in [-0.3, -0.25) is 9.78 Å². The number of aromatic nitrogens is 2. The molecule has 1 amide bonds. The Bertz CT molecular complexity index is 1190. The van der Waals surface area contributed by atoms with E-state index in [-0.39, 0.29) is 12.5 Å². The number of rotatable bonds is 5. The number of likely N-dealkylation sites (N-methyl/N-ethyl adjacent to an activating group) is 1. The van der Waals surface area contributed by atoms with Crippen LogP contribution in [0.15, 0.2) is 54.6 Å². The molecule has 0 aliphatic heterocycles. The topological polar surface area (TPSA) is 72.4 Å². The Balaban J connectivity index is 1.42. The van der Waals surface area contributed by atoms with Crippen molar-refractivity contribution in [2.45, 2.75) is 13.5 Å². The van der Waals surface area contributed by atoms with E-state index in [1.807, 2.05) is 55.5 Å². The highest BCUT2D eigenvalue weighted by Gasteiger charge is 2.17. The van der Waals surface area contributed by atoms with Gasteiger partial charge in [-0.25, -0.2) is 9.78 Å². The fourth-order valence-electron chi connectivity index (χ4n) is 3.07. The number of nitrogens with zero attached hydrogens (tertiary/aromatic N) is 3. The van der Waals surface area contributed by atoms with Gasteiger partial charge in [-0.15, -0.1) is 11.3 Å². The van der Waals surface area contributed by atoms with E-state index in [0.717, 1.165) is 26.4 Å². The highest BCUT2D eigenvalue weighted by atomic mass is 32.1. The normalized spacial score (nSPS) is 11.0. The van der Waals surface area contributed by atoms with Crippen LogP contribution in [0.1, 0.15) is 21.1 Å². The molecule has 29 heavy (non-hydrogen) atoms. The second-order valence-electron chi connectivity index (χ2n) is 6.73. The first-order chi connectivity index (χ1) is 14.0. The second-order valence-corrected chi connectivity index (χ2v) is 7.84. The van der Waals surface area contributed by atoms with Crippen LogP contribution in [0, 0.1) is 6.92 Å². The van der Waals surface area contributed by atoms with Crippen molar-refractivity contribution >= 4 is 44.3 Å². The lowest BCUT2D eigenvalue weighted by Crippen LogP contribution is -2.30. The fraction of sp³-hybridized carbons (Fsp3) is 0.182. The van der Waals surface area contributed by atoms with Crippen molar-refractivity contribution in [3.8, 4) is 0 Å². The third-order valence-electron chi connectivity index (χ3n) is 4.53. The molecule has 4 rings (SSSR count). The molecule has 6 nitrogen and oxygen atoms in total. The van der Waals surface area contributed by atoms with Crippen LogP contribution in [-0.2, 0) is 16.1 Å². The van der Waals surface area contributed by atoms with Crippen LogP contribution >= 0.6 is 11.3 Å². The first kappa shape index (κ1) is 19.0. The second kappa shape index (κ2) is 7.97. The van der Waals surface area contributed by atoms with Crippen LogP contribution < -0.4 is 0 Å². The molecule has 0 N–H and O–H groups in total. The summed E-state index contributed by atoms with van der Waals surface area (Å²) < 4.78 is 6.37. The molecule has 0 bridgehead atoms. The van der Waals surface area contributed by atoms with Crippen molar-refractivity contribution in [3.05, 3.63) is 70.9 Å². The Morgan fingerprint density at radius 1 is 1.03 bits per heavy atom. The van der Waals surface area contributed by atoms with Gasteiger partial charge in [-0.2, -0.15) is 0 Å². The van der Waals surface area contributed by atoms with Crippen LogP contribution in [-0.4, -0.2) is 40.4 Å². The van der Waals surface area contributed by atoms with E-state index in [1.165, 1.54) is 4.90 Å². The average molecular weight is 405 g/mol. The van der Waals surface area contributed by atoms with Crippen LogP contribution in [0.3, 0.4) is 0 Å². The molecule has 0 atom stereocenters. The van der Waals surface area contributed by atoms with Crippen molar-refractivity contribution in [3.63, 3.8) is 0 Å². The number of aryl methyl sites for hydroxylation is 1. The molecule has 0 aliphatic carbocycles. The number of thiazole rings is 1. The number of carbonyl (C=O) groups is 2. The maximum absolute atomic E-state index is 12.6. The largest absolute Gasteiger partial charge is 0.452 e. The minimum atomic E-state index is -0.534. The maximum atomic E-state index is 12.6. The van der Waals surface area contributed by atoms with Gasteiger partial charge in [-0.1, -0.05) is 30.3 Å². The molecule has 2 aromatic heterocycles. The number of hydrogen-bond acceptors (Lipinski definition) is 6. The average Bonchev–Trinajstić information content (AvgIpc) is 3.13. The van der Waals surface area contributed by atoms with Crippen LogP contribution in [0.25, 0.3) is 21.1 Å². The highest BCUT2D eigenvalue weighted by Crippen LogP contribution is 2.22. The number of ether oxygens (including phenoxy) is 1. The predicted octanol–water partition coefficient (Wildman–Crippen LogP) is 3.97. The lowest BCUT2D eigenvalue weighted by molar-refractivity contribution is -0.133. The van der Waals surface area contributed by atoms with E-state index in [9.17, 15) is 9.59 Å². The molecule has 2 heterocycles. The standard InChI is InChI=1S/C22H19N3O3S/c1-14-11-16(15-7-3-4-8-17(15)23-14)22(27)28-13-21(26)25(2)12-20-24-18-9-5-6-10-19(18)29-20/h3-11H,12-13H2,1-2H3. The molecule has 0 unspecified atom stereocenters. The number of para-hydroxylation sites is 2. The molecule has 0 saturated carbocycles. The van der Waals surface area contributed by atoms with Crippen LogP contribution in [0.5, 0.6) is 0 Å². The van der Waals surface area contributed by atoms with Gasteiger partial charge in [0.1, 0.15) is 5.01 Å². The summed E-state index contributed by atoms with van der Waals surface area (Å²) in [6.07, 6.45) is 0. The highest BCUT2D eigenvalue weighted by molar-refractivity contribution is 7.18. The molecule has 7 heteroatoms. The minimum absolute atomic E-state index is 0.285. The fourth-order valence-corrected chi connectivity index (χ4v) is 4.09. The Morgan fingerprint density at radius 2 is 1.76 bits per heavy atom. The number of pyridine rings is 1. The number of hydrogen-bond donors (Lipinski definition) is 0. The summed E-state index contributed by atoms with van der Waals surface area (Å²) in [6.45, 7) is 1.86. The summed E-state index contributed by atoms with van der Waals surface area (Å²) in [4.78, 5) is 35.5. The summed E-state index contributed by atoms with van der Waals surface area (Å²) in [5.74, 6) is -0.818. The molecular weight excluding hydrogens is 386 g/mol. The van der Waals surface area contributed by atoms with Crippen molar-refractivity contribution in [2.24, 2.45) is 0 Å². The molecule has 0 saturated heterocycles. The Kier molecular flexibility index (Phi) is 5.22. The zero-order chi connectivity index (χ0) is 20.4. The summed E-state index contributed by atoms with van der Waals surface area (Å²) in [5.41, 5.74) is 2.77. The zero-order valence-corrected chi connectivity index (χ0v) is 16.9. The molecule has 0 spiro atoms. The van der Waals surface area contributed by atoms with Gasteiger partial charge in [0.2, 0.25) is 0 Å². The van der Waals surface area contributed by atoms with Crippen molar-refractivity contribution < 1.29 is 14.3 Å². The number of benzene rings is 2. The number of amides is 1. The van der Waals surface area contributed by atoms with Gasteiger partial charge in [0.05, 0.1) is 27.8 Å². The SMILES string of the molecule is Cc1cc(C(=O)OCC(=O)N(C)Cc2nc3ccccc3s2)c2ccccc2n1. The summed E-state index contributed by atoms with van der Waals surface area (Å²) >= 11 is 1.55. The van der Waals surface area contributed by atoms with E-state index < -0.39 is 5.97 Å². The summed E-state index contributed by atoms with van der Waals surface area (Å²) in [5, 5.41) is 1.54. The molecule has 4 aromatic rings. The predicted molar refractivity (Wildman–Crippen MR) is 113 cm³/mol. The third-order valence-corrected chi connectivity index (χ3v) is 5.55. The molecule has 146 valence electrons. The van der Waals surface area contributed by atoms with E-state index >= 15 is 0 Å². The molecule has 0 fully saturated rings. The Hall–Kier alpha value is -3.32. The summed E-state index contributed by atoms with van der Waals surface area (Å²) in [7, 11) is 1.67. The van der Waals surface area contributed by atoms with Gasteiger partial charge in [0.25, 0.3) is 5.91 Å². The van der Waals surface area contributed by atoms with Crippen LogP contribution in [0.2, 0.25) is 0 Å². The van der Waals surface area contributed by atoms with Crippen molar-refractivity contribution in [1.82, 2.24) is 14.9 Å². The van der Waals surface area contributed by atoms with E-state index in [2.05, 4.69) is 9.97 Å². The van der Waals surface area contributed by atoms with Gasteiger partial charge < -0.3 is 9.64 Å². The van der Waals surface area contributed by atoms with Crippen molar-refractivity contribution in [1.29, 1.82) is 0 Å². The monoisotopic (exact) mass is 405 g/mol. The van der Waals surface area contributed by atoms with Crippen molar-refractivity contribution in [2.75, 3.05) is 13.7 Å².